The maximum atomic E-state index is 6.03. The molecule has 0 aliphatic carbocycles. The molecule has 0 amide bonds. The first-order chi connectivity index (χ1) is 9.69. The van der Waals surface area contributed by atoms with E-state index in [1.165, 1.54) is 6.20 Å². The van der Waals surface area contributed by atoms with E-state index in [9.17, 15) is 0 Å². The van der Waals surface area contributed by atoms with E-state index in [4.69, 9.17) is 25.8 Å². The molecule has 0 fully saturated rings. The molecule has 0 saturated carbocycles. The molecule has 0 saturated heterocycles. The molecule has 0 aliphatic heterocycles. The van der Waals surface area contributed by atoms with Gasteiger partial charge in [-0.25, -0.2) is 4.98 Å². The van der Waals surface area contributed by atoms with E-state index in [0.29, 0.717) is 23.2 Å². The van der Waals surface area contributed by atoms with Crippen molar-refractivity contribution in [2.45, 2.75) is 0 Å². The third kappa shape index (κ3) is 2.85. The minimum Gasteiger partial charge on any atom is -0.493 e. The molecule has 1 aromatic carbocycles. The molecule has 2 rings (SSSR count). The molecule has 7 heteroatoms. The summed E-state index contributed by atoms with van der Waals surface area (Å²) in [5.74, 6) is 2.06. The molecule has 0 bridgehead atoms. The molecule has 1 aromatic heterocycles. The van der Waals surface area contributed by atoms with Crippen LogP contribution >= 0.6 is 11.6 Å². The molecule has 0 unspecified atom stereocenters. The van der Waals surface area contributed by atoms with E-state index < -0.39 is 0 Å². The van der Waals surface area contributed by atoms with E-state index >= 15 is 0 Å². The van der Waals surface area contributed by atoms with Crippen molar-refractivity contribution in [1.82, 2.24) is 9.97 Å². The van der Waals surface area contributed by atoms with Gasteiger partial charge in [-0.2, -0.15) is 4.98 Å². The molecular formula is C13H14ClN3O3. The number of hydrogen-bond acceptors (Lipinski definition) is 6. The quantitative estimate of drug-likeness (QED) is 0.915. The van der Waals surface area contributed by atoms with Gasteiger partial charge in [0, 0.05) is 7.05 Å². The van der Waals surface area contributed by atoms with Crippen LogP contribution in [0.4, 0.5) is 5.95 Å². The Balaban J connectivity index is 2.43. The van der Waals surface area contributed by atoms with Gasteiger partial charge in [-0.15, -0.1) is 0 Å². The Hall–Kier alpha value is -2.21. The van der Waals surface area contributed by atoms with Crippen LogP contribution in [-0.4, -0.2) is 31.2 Å². The molecule has 20 heavy (non-hydrogen) atoms. The first kappa shape index (κ1) is 14.2. The van der Waals surface area contributed by atoms with Crippen molar-refractivity contribution < 1.29 is 14.2 Å². The number of rotatable bonds is 5. The zero-order valence-corrected chi connectivity index (χ0v) is 12.1. The molecule has 6 nitrogen and oxygen atoms in total. The zero-order valence-electron chi connectivity index (χ0n) is 11.3. The summed E-state index contributed by atoms with van der Waals surface area (Å²) >= 11 is 6.03. The van der Waals surface area contributed by atoms with Gasteiger partial charge in [-0.1, -0.05) is 17.7 Å². The van der Waals surface area contributed by atoms with Crippen molar-refractivity contribution in [1.29, 1.82) is 0 Å². The van der Waals surface area contributed by atoms with Crippen LogP contribution in [0.2, 0.25) is 5.02 Å². The van der Waals surface area contributed by atoms with Crippen molar-refractivity contribution in [3.63, 3.8) is 0 Å². The average Bonchev–Trinajstić information content (AvgIpc) is 2.49. The number of para-hydroxylation sites is 1. The fraction of sp³-hybridized carbons (Fsp3) is 0.231. The Morgan fingerprint density at radius 1 is 1.15 bits per heavy atom. The van der Waals surface area contributed by atoms with E-state index in [0.717, 1.165) is 0 Å². The predicted octanol–water partition coefficient (Wildman–Crippen LogP) is 2.98. The molecule has 0 aliphatic rings. The second kappa shape index (κ2) is 6.29. The highest BCUT2D eigenvalue weighted by Gasteiger charge is 2.15. The normalized spacial score (nSPS) is 10.0. The van der Waals surface area contributed by atoms with Crippen LogP contribution in [0.1, 0.15) is 0 Å². The number of aromatic nitrogens is 2. The van der Waals surface area contributed by atoms with Crippen molar-refractivity contribution in [2.75, 3.05) is 26.6 Å². The summed E-state index contributed by atoms with van der Waals surface area (Å²) in [5.41, 5.74) is 0. The van der Waals surface area contributed by atoms with Crippen molar-refractivity contribution >= 4 is 17.5 Å². The van der Waals surface area contributed by atoms with E-state index in [2.05, 4.69) is 15.3 Å². The first-order valence-corrected chi connectivity index (χ1v) is 6.16. The van der Waals surface area contributed by atoms with Gasteiger partial charge >= 0.3 is 0 Å². The molecule has 0 radical (unpaired) electrons. The Morgan fingerprint density at radius 3 is 2.35 bits per heavy atom. The SMILES string of the molecule is CNc1ncc(Cl)c(Oc2c(OC)cccc2OC)n1. The molecular weight excluding hydrogens is 282 g/mol. The van der Waals surface area contributed by atoms with Gasteiger partial charge in [0.25, 0.3) is 0 Å². The molecule has 0 atom stereocenters. The van der Waals surface area contributed by atoms with Crippen molar-refractivity contribution in [3.05, 3.63) is 29.4 Å². The Labute approximate surface area is 121 Å². The topological polar surface area (TPSA) is 65.5 Å². The van der Waals surface area contributed by atoms with Crippen LogP contribution in [0.15, 0.2) is 24.4 Å². The number of nitrogens with one attached hydrogen (secondary N) is 1. The third-order valence-electron chi connectivity index (χ3n) is 2.52. The van der Waals surface area contributed by atoms with Gasteiger partial charge in [0.1, 0.15) is 5.02 Å². The predicted molar refractivity (Wildman–Crippen MR) is 76.2 cm³/mol. The minimum absolute atomic E-state index is 0.216. The Morgan fingerprint density at radius 2 is 1.80 bits per heavy atom. The van der Waals surface area contributed by atoms with Crippen LogP contribution in [0.25, 0.3) is 0 Å². The van der Waals surface area contributed by atoms with Crippen LogP contribution in [0, 0.1) is 0 Å². The molecule has 1 N–H and O–H groups in total. The van der Waals surface area contributed by atoms with Gasteiger partial charge in [-0.3, -0.25) is 0 Å². The van der Waals surface area contributed by atoms with Gasteiger partial charge in [0.15, 0.2) is 11.5 Å². The van der Waals surface area contributed by atoms with E-state index in [1.807, 2.05) is 0 Å². The second-order valence-corrected chi connectivity index (χ2v) is 4.10. The standard InChI is InChI=1S/C13H14ClN3O3/c1-15-13-16-7-8(14)12(17-13)20-11-9(18-2)5-4-6-10(11)19-3/h4-7H,1-3H3,(H,15,16,17). The fourth-order valence-corrected chi connectivity index (χ4v) is 1.69. The van der Waals surface area contributed by atoms with Gasteiger partial charge in [0.05, 0.1) is 20.4 Å². The number of ether oxygens (including phenoxy) is 3. The summed E-state index contributed by atoms with van der Waals surface area (Å²) in [4.78, 5) is 8.14. The van der Waals surface area contributed by atoms with E-state index in [-0.39, 0.29) is 10.9 Å². The fourth-order valence-electron chi connectivity index (χ4n) is 1.56. The molecule has 2 aromatic rings. The number of halogens is 1. The highest BCUT2D eigenvalue weighted by molar-refractivity contribution is 6.31. The summed E-state index contributed by atoms with van der Waals surface area (Å²) in [7, 11) is 4.79. The first-order valence-electron chi connectivity index (χ1n) is 5.78. The van der Waals surface area contributed by atoms with Gasteiger partial charge in [0.2, 0.25) is 17.6 Å². The largest absolute Gasteiger partial charge is 0.493 e. The number of anilines is 1. The lowest BCUT2D eigenvalue weighted by molar-refractivity contribution is 0.342. The van der Waals surface area contributed by atoms with Crippen LogP contribution < -0.4 is 19.5 Å². The second-order valence-electron chi connectivity index (χ2n) is 3.69. The maximum absolute atomic E-state index is 6.03. The molecule has 0 spiro atoms. The summed E-state index contributed by atoms with van der Waals surface area (Å²) < 4.78 is 16.2. The average molecular weight is 296 g/mol. The summed E-state index contributed by atoms with van der Waals surface area (Å²) in [6, 6.07) is 5.31. The zero-order chi connectivity index (χ0) is 14.5. The third-order valence-corrected chi connectivity index (χ3v) is 2.78. The minimum atomic E-state index is 0.216. The van der Waals surface area contributed by atoms with Crippen LogP contribution in [0.3, 0.4) is 0 Å². The lowest BCUT2D eigenvalue weighted by Crippen LogP contribution is -2.00. The van der Waals surface area contributed by atoms with Crippen molar-refractivity contribution in [3.8, 4) is 23.1 Å². The van der Waals surface area contributed by atoms with Crippen LogP contribution in [0.5, 0.6) is 23.1 Å². The number of benzene rings is 1. The number of methoxy groups -OCH3 is 2. The van der Waals surface area contributed by atoms with Crippen LogP contribution in [-0.2, 0) is 0 Å². The van der Waals surface area contributed by atoms with Gasteiger partial charge < -0.3 is 19.5 Å². The highest BCUT2D eigenvalue weighted by atomic mass is 35.5. The maximum Gasteiger partial charge on any atom is 0.243 e. The Bertz CT molecular complexity index is 585. The molecule has 106 valence electrons. The lowest BCUT2D eigenvalue weighted by atomic mass is 10.3. The Kier molecular flexibility index (Phi) is 4.47. The summed E-state index contributed by atoms with van der Waals surface area (Å²) in [6.07, 6.45) is 1.46. The van der Waals surface area contributed by atoms with E-state index in [1.54, 1.807) is 39.5 Å². The van der Waals surface area contributed by atoms with Gasteiger partial charge in [-0.05, 0) is 12.1 Å². The number of nitrogens with zero attached hydrogens (tertiary/aromatic N) is 2. The highest BCUT2D eigenvalue weighted by Crippen LogP contribution is 2.41. The number of hydrogen-bond donors (Lipinski definition) is 1. The lowest BCUT2D eigenvalue weighted by Gasteiger charge is -2.14. The molecule has 1 heterocycles. The monoisotopic (exact) mass is 295 g/mol. The smallest absolute Gasteiger partial charge is 0.243 e. The van der Waals surface area contributed by atoms with Crippen molar-refractivity contribution in [2.24, 2.45) is 0 Å². The summed E-state index contributed by atoms with van der Waals surface area (Å²) in [5, 5.41) is 3.10. The summed E-state index contributed by atoms with van der Waals surface area (Å²) in [6.45, 7) is 0.